The number of likely N-dealkylation sites (N-methyl/N-ethyl adjacent to an activating group) is 1. The molecular weight excluding hydrogens is 566 g/mol. The number of aromatic nitrogens is 2. The van der Waals surface area contributed by atoms with Gasteiger partial charge in [-0.2, -0.15) is 5.10 Å². The molecule has 2 amide bonds. The lowest BCUT2D eigenvalue weighted by molar-refractivity contribution is -0.122. The standard InChI is InChI=1S/C29H30ClN5O3S2/c1-33(2)15-14-31-24(36)17-34-25(37)18-40-28(23-5-4-16-39-23)26-27(19-6-8-20(30)9-7-19)32-35(29(26)34)21-10-12-22(38-3)13-11-21/h4-13,16,28H,14-15,17-18H2,1-3H3,(H,31,36)/t28-/m0/s1. The van der Waals surface area contributed by atoms with E-state index in [0.717, 1.165) is 27.4 Å². The number of amides is 2. The topological polar surface area (TPSA) is 79.7 Å². The third-order valence-electron chi connectivity index (χ3n) is 6.51. The van der Waals surface area contributed by atoms with E-state index < -0.39 is 0 Å². The number of methoxy groups -OCH3 is 1. The molecule has 0 aliphatic carbocycles. The summed E-state index contributed by atoms with van der Waals surface area (Å²) >= 11 is 9.42. The van der Waals surface area contributed by atoms with Crippen LogP contribution in [0.2, 0.25) is 5.02 Å². The van der Waals surface area contributed by atoms with Gasteiger partial charge in [-0.05, 0) is 61.9 Å². The maximum absolute atomic E-state index is 13.7. The van der Waals surface area contributed by atoms with Crippen molar-refractivity contribution in [2.45, 2.75) is 5.25 Å². The average Bonchev–Trinajstić information content (AvgIpc) is 3.59. The lowest BCUT2D eigenvalue weighted by Gasteiger charge is -2.23. The molecule has 1 aliphatic rings. The molecule has 1 N–H and O–H groups in total. The van der Waals surface area contributed by atoms with Crippen LogP contribution in [0.5, 0.6) is 5.75 Å². The van der Waals surface area contributed by atoms with Gasteiger partial charge in [0.25, 0.3) is 0 Å². The van der Waals surface area contributed by atoms with Crippen LogP contribution < -0.4 is 15.0 Å². The Morgan fingerprint density at radius 1 is 1.15 bits per heavy atom. The average molecular weight is 596 g/mol. The molecule has 0 spiro atoms. The molecule has 8 nitrogen and oxygen atoms in total. The summed E-state index contributed by atoms with van der Waals surface area (Å²) in [6.45, 7) is 1.08. The molecule has 1 aliphatic heterocycles. The molecule has 40 heavy (non-hydrogen) atoms. The van der Waals surface area contributed by atoms with Crippen molar-refractivity contribution in [3.63, 3.8) is 0 Å². The fourth-order valence-corrected chi connectivity index (χ4v) is 6.83. The van der Waals surface area contributed by atoms with Gasteiger partial charge >= 0.3 is 0 Å². The maximum Gasteiger partial charge on any atom is 0.240 e. The zero-order valence-corrected chi connectivity index (χ0v) is 24.9. The summed E-state index contributed by atoms with van der Waals surface area (Å²) in [7, 11) is 5.51. The number of thioether (sulfide) groups is 1. The molecule has 1 atom stereocenters. The van der Waals surface area contributed by atoms with Crippen LogP contribution >= 0.6 is 34.7 Å². The number of fused-ring (bicyclic) bond motifs is 1. The number of halogens is 1. The summed E-state index contributed by atoms with van der Waals surface area (Å²) in [5, 5.41) is 10.5. The van der Waals surface area contributed by atoms with Crippen molar-refractivity contribution in [1.82, 2.24) is 20.0 Å². The van der Waals surface area contributed by atoms with Crippen LogP contribution in [0.3, 0.4) is 0 Å². The van der Waals surface area contributed by atoms with E-state index >= 15 is 0 Å². The zero-order chi connectivity index (χ0) is 28.2. The highest BCUT2D eigenvalue weighted by atomic mass is 35.5. The molecule has 0 bridgehead atoms. The van der Waals surface area contributed by atoms with Crippen molar-refractivity contribution in [2.75, 3.05) is 51.5 Å². The number of anilines is 1. The lowest BCUT2D eigenvalue weighted by Crippen LogP contribution is -2.43. The summed E-state index contributed by atoms with van der Waals surface area (Å²) in [6.07, 6.45) is 0. The van der Waals surface area contributed by atoms with Crippen LogP contribution in [-0.2, 0) is 9.59 Å². The first-order valence-electron chi connectivity index (χ1n) is 12.8. The van der Waals surface area contributed by atoms with Gasteiger partial charge in [-0.25, -0.2) is 4.68 Å². The molecule has 0 radical (unpaired) electrons. The molecule has 2 aromatic carbocycles. The molecule has 208 valence electrons. The molecule has 5 rings (SSSR count). The maximum atomic E-state index is 13.7. The van der Waals surface area contributed by atoms with Crippen LogP contribution in [0.4, 0.5) is 5.82 Å². The molecule has 11 heteroatoms. The van der Waals surface area contributed by atoms with Gasteiger partial charge in [-0.15, -0.1) is 23.1 Å². The second kappa shape index (κ2) is 12.5. The SMILES string of the molecule is COc1ccc(-n2nc(-c3ccc(Cl)cc3)c3c2N(CC(=O)NCCN(C)C)C(=O)CS[C@H]3c2cccs2)cc1. The number of benzene rings is 2. The Balaban J connectivity index is 1.70. The second-order valence-corrected chi connectivity index (χ2v) is 12.1. The Morgan fingerprint density at radius 2 is 1.90 bits per heavy atom. The minimum atomic E-state index is -0.226. The third-order valence-corrected chi connectivity index (χ3v) is 9.08. The van der Waals surface area contributed by atoms with Crippen LogP contribution in [0.15, 0.2) is 66.0 Å². The summed E-state index contributed by atoms with van der Waals surface area (Å²) in [4.78, 5) is 31.5. The Labute approximate surface area is 246 Å². The van der Waals surface area contributed by atoms with Crippen molar-refractivity contribution in [3.05, 3.63) is 81.5 Å². The molecular formula is C29H30ClN5O3S2. The fraction of sp³-hybridized carbons (Fsp3) is 0.276. The Bertz CT molecular complexity index is 1470. The van der Waals surface area contributed by atoms with Crippen molar-refractivity contribution in [3.8, 4) is 22.7 Å². The van der Waals surface area contributed by atoms with E-state index in [2.05, 4.69) is 11.4 Å². The number of rotatable bonds is 9. The predicted octanol–water partition coefficient (Wildman–Crippen LogP) is 5.11. The summed E-state index contributed by atoms with van der Waals surface area (Å²) in [5.74, 6) is 1.15. The molecule has 0 saturated heterocycles. The molecule has 0 fully saturated rings. The van der Waals surface area contributed by atoms with Crippen LogP contribution in [-0.4, -0.2) is 73.1 Å². The number of hydrogen-bond donors (Lipinski definition) is 1. The van der Waals surface area contributed by atoms with Crippen molar-refractivity contribution in [2.24, 2.45) is 0 Å². The summed E-state index contributed by atoms with van der Waals surface area (Å²) in [5.41, 5.74) is 3.25. The van der Waals surface area contributed by atoms with Crippen LogP contribution in [0.25, 0.3) is 16.9 Å². The fourth-order valence-electron chi connectivity index (χ4n) is 4.53. The Morgan fingerprint density at radius 3 is 2.55 bits per heavy atom. The first-order chi connectivity index (χ1) is 19.4. The summed E-state index contributed by atoms with van der Waals surface area (Å²) < 4.78 is 7.14. The third kappa shape index (κ3) is 6.05. The second-order valence-electron chi connectivity index (χ2n) is 9.54. The largest absolute Gasteiger partial charge is 0.497 e. The van der Waals surface area contributed by atoms with Gasteiger partial charge in [0.2, 0.25) is 11.8 Å². The number of carbonyl (C=O) groups excluding carboxylic acids is 2. The van der Waals surface area contributed by atoms with Gasteiger partial charge in [-0.1, -0.05) is 29.8 Å². The van der Waals surface area contributed by atoms with E-state index in [-0.39, 0.29) is 29.4 Å². The Hall–Kier alpha value is -3.31. The minimum absolute atomic E-state index is 0.112. The zero-order valence-electron chi connectivity index (χ0n) is 22.5. The number of nitrogens with one attached hydrogen (secondary N) is 1. The van der Waals surface area contributed by atoms with Crippen LogP contribution in [0, 0.1) is 0 Å². The van der Waals surface area contributed by atoms with E-state index in [0.29, 0.717) is 29.7 Å². The van der Waals surface area contributed by atoms with E-state index in [9.17, 15) is 9.59 Å². The smallest absolute Gasteiger partial charge is 0.240 e. The monoisotopic (exact) mass is 595 g/mol. The van der Waals surface area contributed by atoms with Crippen molar-refractivity contribution >= 4 is 52.3 Å². The molecule has 0 saturated carbocycles. The van der Waals surface area contributed by atoms with E-state index in [1.54, 1.807) is 39.8 Å². The van der Waals surface area contributed by atoms with Gasteiger partial charge in [0, 0.05) is 34.1 Å². The first-order valence-corrected chi connectivity index (χ1v) is 15.1. The highest BCUT2D eigenvalue weighted by Crippen LogP contribution is 2.49. The van der Waals surface area contributed by atoms with Gasteiger partial charge in [-0.3, -0.25) is 14.5 Å². The van der Waals surface area contributed by atoms with E-state index in [1.807, 2.05) is 79.0 Å². The number of nitrogens with zero attached hydrogens (tertiary/aromatic N) is 4. The van der Waals surface area contributed by atoms with Crippen molar-refractivity contribution < 1.29 is 14.3 Å². The normalized spacial score (nSPS) is 15.2. The highest BCUT2D eigenvalue weighted by molar-refractivity contribution is 8.00. The van der Waals surface area contributed by atoms with Crippen molar-refractivity contribution in [1.29, 1.82) is 0 Å². The number of carbonyl (C=O) groups is 2. The van der Waals surface area contributed by atoms with Gasteiger partial charge in [0.15, 0.2) is 0 Å². The van der Waals surface area contributed by atoms with E-state index in [1.165, 1.54) is 0 Å². The summed E-state index contributed by atoms with van der Waals surface area (Å²) in [6, 6.07) is 19.1. The van der Waals surface area contributed by atoms with Gasteiger partial charge in [0.1, 0.15) is 18.1 Å². The number of thiophene rings is 1. The predicted molar refractivity (Wildman–Crippen MR) is 163 cm³/mol. The molecule has 4 aromatic rings. The van der Waals surface area contributed by atoms with Gasteiger partial charge < -0.3 is 15.0 Å². The van der Waals surface area contributed by atoms with E-state index in [4.69, 9.17) is 21.4 Å². The first kappa shape index (κ1) is 28.2. The quantitative estimate of drug-likeness (QED) is 0.290. The number of ether oxygens (including phenoxy) is 1. The molecule has 0 unspecified atom stereocenters. The van der Waals surface area contributed by atoms with Gasteiger partial charge in [0.05, 0.1) is 29.5 Å². The molecule has 3 heterocycles. The Kier molecular flexibility index (Phi) is 8.80. The highest BCUT2D eigenvalue weighted by Gasteiger charge is 2.38. The molecule has 2 aromatic heterocycles. The lowest BCUT2D eigenvalue weighted by atomic mass is 10.0. The number of hydrogen-bond acceptors (Lipinski definition) is 7. The van der Waals surface area contributed by atoms with Crippen LogP contribution in [0.1, 0.15) is 15.7 Å². The minimum Gasteiger partial charge on any atom is -0.497 e.